The molecule has 1 saturated carbocycles. The fraction of sp³-hybridized carbons (Fsp3) is 0.312. The Hall–Kier alpha value is -4.32. The third kappa shape index (κ3) is 8.87. The zero-order valence-corrected chi connectivity index (χ0v) is 26.3. The van der Waals surface area contributed by atoms with Gasteiger partial charge in [-0.15, -0.1) is 22.6 Å². The SMILES string of the molecule is CC(=O)Nc1ccc(Cl)c(-c2cccc(C[C@H](NC(=O)C3CCC(CN)CC3)C(=O)Nc3ccc(-c4nn[nH]n4)cc3)c2)c1.Cl. The smallest absolute Gasteiger partial charge is 0.247 e. The lowest BCUT2D eigenvalue weighted by atomic mass is 9.81. The second-order valence-electron chi connectivity index (χ2n) is 11.1. The largest absolute Gasteiger partial charge is 0.344 e. The summed E-state index contributed by atoms with van der Waals surface area (Å²) >= 11 is 6.53. The van der Waals surface area contributed by atoms with Crippen LogP contribution in [0, 0.1) is 11.8 Å². The van der Waals surface area contributed by atoms with E-state index in [1.165, 1.54) is 6.92 Å². The van der Waals surface area contributed by atoms with E-state index in [9.17, 15) is 14.4 Å². The van der Waals surface area contributed by atoms with Crippen molar-refractivity contribution in [3.63, 3.8) is 0 Å². The van der Waals surface area contributed by atoms with Crippen LogP contribution in [0.2, 0.25) is 5.02 Å². The molecule has 5 rings (SSSR count). The third-order valence-corrected chi connectivity index (χ3v) is 8.23. The Morgan fingerprint density at radius 1 is 0.956 bits per heavy atom. The van der Waals surface area contributed by atoms with Crippen LogP contribution in [0.3, 0.4) is 0 Å². The van der Waals surface area contributed by atoms with Gasteiger partial charge >= 0.3 is 0 Å². The lowest BCUT2D eigenvalue weighted by Gasteiger charge is -2.28. The van der Waals surface area contributed by atoms with Gasteiger partial charge in [-0.3, -0.25) is 14.4 Å². The van der Waals surface area contributed by atoms with Crippen LogP contribution in [0.15, 0.2) is 66.7 Å². The van der Waals surface area contributed by atoms with Crippen molar-refractivity contribution in [2.75, 3.05) is 17.2 Å². The Kier molecular flexibility index (Phi) is 11.6. The zero-order valence-electron chi connectivity index (χ0n) is 24.8. The number of hydrogen-bond donors (Lipinski definition) is 5. The van der Waals surface area contributed by atoms with Crippen LogP contribution in [0.25, 0.3) is 22.5 Å². The molecule has 1 heterocycles. The summed E-state index contributed by atoms with van der Waals surface area (Å²) in [5.74, 6) is 0.0708. The first-order chi connectivity index (χ1) is 21.3. The number of anilines is 2. The summed E-state index contributed by atoms with van der Waals surface area (Å²) in [6, 6.07) is 19.2. The second-order valence-corrected chi connectivity index (χ2v) is 11.5. The fourth-order valence-corrected chi connectivity index (χ4v) is 5.73. The molecule has 1 aliphatic carbocycles. The van der Waals surface area contributed by atoms with Gasteiger partial charge < -0.3 is 21.7 Å². The molecule has 3 amide bonds. The number of nitrogens with two attached hydrogens (primary N) is 1. The number of halogens is 2. The van der Waals surface area contributed by atoms with Crippen molar-refractivity contribution in [2.45, 2.75) is 45.1 Å². The Labute approximate surface area is 272 Å². The molecule has 6 N–H and O–H groups in total. The van der Waals surface area contributed by atoms with Gasteiger partial charge in [-0.2, -0.15) is 5.21 Å². The predicted molar refractivity (Wildman–Crippen MR) is 177 cm³/mol. The number of H-pyrrole nitrogens is 1. The van der Waals surface area contributed by atoms with Gasteiger partial charge in [-0.1, -0.05) is 35.9 Å². The van der Waals surface area contributed by atoms with E-state index < -0.39 is 6.04 Å². The zero-order chi connectivity index (χ0) is 31.1. The quantitative estimate of drug-likeness (QED) is 0.161. The molecule has 13 heteroatoms. The standard InChI is InChI=1S/C32H35ClN8O3.ClH/c1-19(42)35-26-13-14-28(33)27(17-26)24-4-2-3-21(15-24)16-29(37-31(43)23-7-5-20(18-34)6-8-23)32(44)36-25-11-9-22(10-12-25)30-38-40-41-39-30;/h2-4,9-15,17,20,23,29H,5-8,16,18,34H2,1H3,(H,35,42)(H,36,44)(H,37,43)(H,38,39,40,41);1H/t20?,23?,29-;/m0./s1. The number of aromatic nitrogens is 4. The lowest BCUT2D eigenvalue weighted by molar-refractivity contribution is -0.130. The minimum atomic E-state index is -0.831. The fourth-order valence-electron chi connectivity index (χ4n) is 5.50. The molecule has 1 aromatic heterocycles. The Morgan fingerprint density at radius 3 is 2.36 bits per heavy atom. The van der Waals surface area contributed by atoms with E-state index >= 15 is 0 Å². The van der Waals surface area contributed by atoms with Gasteiger partial charge in [0.05, 0.1) is 0 Å². The number of hydrogen-bond acceptors (Lipinski definition) is 7. The van der Waals surface area contributed by atoms with E-state index in [1.807, 2.05) is 30.3 Å². The molecule has 236 valence electrons. The van der Waals surface area contributed by atoms with Crippen molar-refractivity contribution in [1.82, 2.24) is 25.9 Å². The number of carbonyl (C=O) groups is 3. The number of benzene rings is 3. The number of amides is 3. The minimum absolute atomic E-state index is 0. The molecule has 1 fully saturated rings. The summed E-state index contributed by atoms with van der Waals surface area (Å²) in [5, 5.41) is 23.2. The maximum Gasteiger partial charge on any atom is 0.247 e. The predicted octanol–water partition coefficient (Wildman–Crippen LogP) is 5.00. The number of tetrazole rings is 1. The number of carbonyl (C=O) groups excluding carboxylic acids is 3. The van der Waals surface area contributed by atoms with Crippen molar-refractivity contribution in [3.05, 3.63) is 77.3 Å². The maximum absolute atomic E-state index is 13.7. The van der Waals surface area contributed by atoms with E-state index in [0.717, 1.165) is 47.9 Å². The molecule has 0 aliphatic heterocycles. The first kappa shape index (κ1) is 33.6. The first-order valence-corrected chi connectivity index (χ1v) is 15.0. The van der Waals surface area contributed by atoms with E-state index in [4.69, 9.17) is 17.3 Å². The van der Waals surface area contributed by atoms with Gasteiger partial charge in [0, 0.05) is 46.8 Å². The van der Waals surface area contributed by atoms with Crippen molar-refractivity contribution < 1.29 is 14.4 Å². The number of nitrogens with one attached hydrogen (secondary N) is 4. The Bertz CT molecular complexity index is 1610. The molecule has 3 aromatic carbocycles. The van der Waals surface area contributed by atoms with Gasteiger partial charge in [-0.25, -0.2) is 0 Å². The van der Waals surface area contributed by atoms with E-state index in [0.29, 0.717) is 34.7 Å². The highest BCUT2D eigenvalue weighted by atomic mass is 35.5. The molecule has 0 saturated heterocycles. The van der Waals surface area contributed by atoms with Crippen LogP contribution in [0.4, 0.5) is 11.4 Å². The van der Waals surface area contributed by atoms with E-state index in [1.54, 1.807) is 36.4 Å². The van der Waals surface area contributed by atoms with Gasteiger partial charge in [-0.05, 0) is 97.0 Å². The van der Waals surface area contributed by atoms with Crippen molar-refractivity contribution in [3.8, 4) is 22.5 Å². The minimum Gasteiger partial charge on any atom is -0.344 e. The molecule has 11 nitrogen and oxygen atoms in total. The highest BCUT2D eigenvalue weighted by Gasteiger charge is 2.29. The molecule has 1 atom stereocenters. The number of aromatic amines is 1. The third-order valence-electron chi connectivity index (χ3n) is 7.90. The van der Waals surface area contributed by atoms with Crippen LogP contribution >= 0.6 is 24.0 Å². The average Bonchev–Trinajstić information content (AvgIpc) is 3.57. The Balaban J connectivity index is 0.00000461. The average molecular weight is 652 g/mol. The summed E-state index contributed by atoms with van der Waals surface area (Å²) in [5.41, 5.74) is 10.2. The van der Waals surface area contributed by atoms with Crippen molar-refractivity contribution >= 4 is 53.1 Å². The van der Waals surface area contributed by atoms with Crippen LogP contribution in [0.5, 0.6) is 0 Å². The topological polar surface area (TPSA) is 168 Å². The highest BCUT2D eigenvalue weighted by Crippen LogP contribution is 2.32. The summed E-state index contributed by atoms with van der Waals surface area (Å²) in [6.07, 6.45) is 3.56. The summed E-state index contributed by atoms with van der Waals surface area (Å²) in [4.78, 5) is 38.6. The van der Waals surface area contributed by atoms with Gasteiger partial charge in [0.1, 0.15) is 6.04 Å². The molecule has 4 aromatic rings. The molecule has 0 radical (unpaired) electrons. The van der Waals surface area contributed by atoms with E-state index in [-0.39, 0.29) is 42.5 Å². The van der Waals surface area contributed by atoms with Gasteiger partial charge in [0.2, 0.25) is 23.5 Å². The molecule has 0 bridgehead atoms. The molecular weight excluding hydrogens is 615 g/mol. The normalized spacial score (nSPS) is 16.6. The van der Waals surface area contributed by atoms with Crippen LogP contribution in [-0.2, 0) is 20.8 Å². The van der Waals surface area contributed by atoms with Crippen molar-refractivity contribution in [1.29, 1.82) is 0 Å². The van der Waals surface area contributed by atoms with Crippen LogP contribution in [0.1, 0.15) is 38.2 Å². The molecule has 1 aliphatic rings. The van der Waals surface area contributed by atoms with Crippen molar-refractivity contribution in [2.24, 2.45) is 17.6 Å². The molecule has 45 heavy (non-hydrogen) atoms. The molecule has 0 spiro atoms. The van der Waals surface area contributed by atoms with Gasteiger partial charge in [0.25, 0.3) is 0 Å². The Morgan fingerprint density at radius 2 is 1.69 bits per heavy atom. The highest BCUT2D eigenvalue weighted by molar-refractivity contribution is 6.33. The second kappa shape index (κ2) is 15.6. The lowest BCUT2D eigenvalue weighted by Crippen LogP contribution is -2.48. The first-order valence-electron chi connectivity index (χ1n) is 14.6. The number of rotatable bonds is 10. The van der Waals surface area contributed by atoms with Crippen LogP contribution < -0.4 is 21.7 Å². The maximum atomic E-state index is 13.7. The summed E-state index contributed by atoms with van der Waals surface area (Å²) in [7, 11) is 0. The van der Waals surface area contributed by atoms with E-state index in [2.05, 4.69) is 36.6 Å². The number of nitrogens with zero attached hydrogens (tertiary/aromatic N) is 3. The van der Waals surface area contributed by atoms with Crippen LogP contribution in [-0.4, -0.2) is 50.9 Å². The monoisotopic (exact) mass is 650 g/mol. The molecular formula is C32H36Cl2N8O3. The molecule has 0 unspecified atom stereocenters. The summed E-state index contributed by atoms with van der Waals surface area (Å²) in [6.45, 7) is 2.07. The summed E-state index contributed by atoms with van der Waals surface area (Å²) < 4.78 is 0. The van der Waals surface area contributed by atoms with Gasteiger partial charge in [0.15, 0.2) is 0 Å².